The highest BCUT2D eigenvalue weighted by Gasteiger charge is 2.17. The Hall–Kier alpha value is -1.59. The van der Waals surface area contributed by atoms with Crippen LogP contribution in [0.15, 0.2) is 0 Å². The summed E-state index contributed by atoms with van der Waals surface area (Å²) in [6.45, 7) is 4.35. The van der Waals surface area contributed by atoms with E-state index in [9.17, 15) is 14.4 Å². The fourth-order valence-corrected chi connectivity index (χ4v) is 1.45. The van der Waals surface area contributed by atoms with Gasteiger partial charge in [0, 0.05) is 20.0 Å². The van der Waals surface area contributed by atoms with Gasteiger partial charge in [0.2, 0.25) is 18.2 Å². The van der Waals surface area contributed by atoms with Gasteiger partial charge in [-0.25, -0.2) is 0 Å². The van der Waals surface area contributed by atoms with Crippen LogP contribution in [0.4, 0.5) is 0 Å². The maximum Gasteiger partial charge on any atom is 0.242 e. The van der Waals surface area contributed by atoms with Gasteiger partial charge >= 0.3 is 0 Å². The fourth-order valence-electron chi connectivity index (χ4n) is 1.45. The summed E-state index contributed by atoms with van der Waals surface area (Å²) < 4.78 is 0. The molecular formula is C11H21N3O3. The van der Waals surface area contributed by atoms with E-state index in [1.807, 2.05) is 6.92 Å². The third-order valence-corrected chi connectivity index (χ3v) is 2.19. The number of hydrogen-bond acceptors (Lipinski definition) is 3. The molecule has 0 radical (unpaired) electrons. The Morgan fingerprint density at radius 2 is 2.00 bits per heavy atom. The van der Waals surface area contributed by atoms with Gasteiger partial charge in [-0.15, -0.1) is 0 Å². The van der Waals surface area contributed by atoms with Crippen LogP contribution in [-0.4, -0.2) is 37.4 Å². The Bertz CT molecular complexity index is 256. The molecular weight excluding hydrogens is 222 g/mol. The van der Waals surface area contributed by atoms with E-state index in [-0.39, 0.29) is 11.8 Å². The first-order valence-electron chi connectivity index (χ1n) is 5.83. The lowest BCUT2D eigenvalue weighted by atomic mass is 10.1. The van der Waals surface area contributed by atoms with Crippen molar-refractivity contribution in [2.24, 2.45) is 0 Å². The molecule has 0 aliphatic carbocycles. The lowest BCUT2D eigenvalue weighted by Gasteiger charge is -2.16. The number of amides is 3. The Kier molecular flexibility index (Phi) is 8.72. The van der Waals surface area contributed by atoms with Crippen molar-refractivity contribution in [3.63, 3.8) is 0 Å². The fraction of sp³-hybridized carbons (Fsp3) is 0.727. The van der Waals surface area contributed by atoms with Gasteiger partial charge in [0.25, 0.3) is 0 Å². The van der Waals surface area contributed by atoms with Gasteiger partial charge in [-0.1, -0.05) is 0 Å². The Morgan fingerprint density at radius 3 is 2.53 bits per heavy atom. The maximum atomic E-state index is 11.6. The zero-order chi connectivity index (χ0) is 13.1. The minimum absolute atomic E-state index is 0.161. The van der Waals surface area contributed by atoms with Crippen molar-refractivity contribution >= 4 is 18.2 Å². The topological polar surface area (TPSA) is 87.3 Å². The quantitative estimate of drug-likeness (QED) is 0.378. The van der Waals surface area contributed by atoms with Crippen molar-refractivity contribution in [2.75, 3.05) is 13.1 Å². The van der Waals surface area contributed by atoms with E-state index in [0.717, 1.165) is 12.8 Å². The van der Waals surface area contributed by atoms with Gasteiger partial charge in [-0.2, -0.15) is 0 Å². The summed E-state index contributed by atoms with van der Waals surface area (Å²) >= 11 is 0. The second kappa shape index (κ2) is 9.62. The molecule has 0 spiro atoms. The van der Waals surface area contributed by atoms with Crippen LogP contribution in [0.5, 0.6) is 0 Å². The summed E-state index contributed by atoms with van der Waals surface area (Å²) in [5, 5.41) is 7.84. The van der Waals surface area contributed by atoms with E-state index in [4.69, 9.17) is 0 Å². The van der Waals surface area contributed by atoms with Crippen molar-refractivity contribution < 1.29 is 14.4 Å². The minimum Gasteiger partial charge on any atom is -0.359 e. The zero-order valence-electron chi connectivity index (χ0n) is 10.4. The van der Waals surface area contributed by atoms with Gasteiger partial charge in [0.1, 0.15) is 6.04 Å². The first-order chi connectivity index (χ1) is 8.11. The lowest BCUT2D eigenvalue weighted by molar-refractivity contribution is -0.128. The summed E-state index contributed by atoms with van der Waals surface area (Å²) in [6, 6.07) is -0.483. The third kappa shape index (κ3) is 8.24. The van der Waals surface area contributed by atoms with Crippen molar-refractivity contribution in [1.29, 1.82) is 0 Å². The number of unbranched alkanes of at least 4 members (excludes halogenated alkanes) is 1. The average molecular weight is 243 g/mol. The first kappa shape index (κ1) is 15.4. The predicted octanol–water partition coefficient (Wildman–Crippen LogP) is -0.456. The summed E-state index contributed by atoms with van der Waals surface area (Å²) in [5.41, 5.74) is 0. The van der Waals surface area contributed by atoms with Crippen molar-refractivity contribution in [1.82, 2.24) is 16.0 Å². The van der Waals surface area contributed by atoms with Gasteiger partial charge < -0.3 is 16.0 Å². The molecule has 3 N–H and O–H groups in total. The molecule has 17 heavy (non-hydrogen) atoms. The van der Waals surface area contributed by atoms with E-state index in [1.165, 1.54) is 6.92 Å². The minimum atomic E-state index is -0.483. The molecule has 0 bridgehead atoms. The molecule has 0 aromatic rings. The summed E-state index contributed by atoms with van der Waals surface area (Å²) in [5.74, 6) is -0.377. The van der Waals surface area contributed by atoms with Crippen LogP contribution >= 0.6 is 0 Å². The molecule has 0 saturated heterocycles. The summed E-state index contributed by atoms with van der Waals surface area (Å²) in [6.07, 6.45) is 2.78. The molecule has 0 unspecified atom stereocenters. The van der Waals surface area contributed by atoms with Crippen LogP contribution in [0.2, 0.25) is 0 Å². The standard InChI is InChI=1S/C11H21N3O3/c1-3-13-11(17)10(14-9(2)16)6-4-5-7-12-8-15/h8,10H,3-7H2,1-2H3,(H,12,15)(H,13,17)(H,14,16)/t10-/m0/s1. The monoisotopic (exact) mass is 243 g/mol. The van der Waals surface area contributed by atoms with Crippen LogP contribution < -0.4 is 16.0 Å². The lowest BCUT2D eigenvalue weighted by Crippen LogP contribution is -2.46. The van der Waals surface area contributed by atoms with E-state index in [2.05, 4.69) is 16.0 Å². The largest absolute Gasteiger partial charge is 0.359 e. The van der Waals surface area contributed by atoms with Crippen molar-refractivity contribution in [3.05, 3.63) is 0 Å². The molecule has 0 aliphatic rings. The molecule has 6 nitrogen and oxygen atoms in total. The predicted molar refractivity (Wildman–Crippen MR) is 64.2 cm³/mol. The number of carbonyl (C=O) groups excluding carboxylic acids is 3. The maximum absolute atomic E-state index is 11.6. The SMILES string of the molecule is CCNC(=O)[C@H](CCCCNC=O)NC(C)=O. The van der Waals surface area contributed by atoms with Crippen LogP contribution in [0.3, 0.4) is 0 Å². The number of carbonyl (C=O) groups is 3. The van der Waals surface area contributed by atoms with E-state index < -0.39 is 6.04 Å². The second-order valence-corrected chi connectivity index (χ2v) is 3.72. The van der Waals surface area contributed by atoms with Crippen molar-refractivity contribution in [3.8, 4) is 0 Å². The molecule has 0 aromatic heterocycles. The van der Waals surface area contributed by atoms with E-state index in [1.54, 1.807) is 0 Å². The Labute approximate surface area is 102 Å². The highest BCUT2D eigenvalue weighted by atomic mass is 16.2. The van der Waals surface area contributed by atoms with Crippen molar-refractivity contribution in [2.45, 2.75) is 39.2 Å². The molecule has 3 amide bonds. The molecule has 6 heteroatoms. The van der Waals surface area contributed by atoms with Gasteiger partial charge in [0.15, 0.2) is 0 Å². The second-order valence-electron chi connectivity index (χ2n) is 3.72. The van der Waals surface area contributed by atoms with E-state index in [0.29, 0.717) is 25.9 Å². The molecule has 0 fully saturated rings. The summed E-state index contributed by atoms with van der Waals surface area (Å²) in [7, 11) is 0. The van der Waals surface area contributed by atoms with Crippen LogP contribution in [-0.2, 0) is 14.4 Å². The molecule has 1 atom stereocenters. The average Bonchev–Trinajstić information content (AvgIpc) is 2.27. The first-order valence-corrected chi connectivity index (χ1v) is 5.83. The Balaban J connectivity index is 3.96. The normalized spacial score (nSPS) is 11.4. The highest BCUT2D eigenvalue weighted by Crippen LogP contribution is 2.01. The smallest absolute Gasteiger partial charge is 0.242 e. The van der Waals surface area contributed by atoms with Gasteiger partial charge in [0.05, 0.1) is 0 Å². The zero-order valence-corrected chi connectivity index (χ0v) is 10.4. The molecule has 0 saturated carbocycles. The number of nitrogens with one attached hydrogen (secondary N) is 3. The number of hydrogen-bond donors (Lipinski definition) is 3. The molecule has 0 heterocycles. The highest BCUT2D eigenvalue weighted by molar-refractivity contribution is 5.86. The molecule has 0 aromatic carbocycles. The van der Waals surface area contributed by atoms with Gasteiger partial charge in [-0.3, -0.25) is 14.4 Å². The van der Waals surface area contributed by atoms with Crippen LogP contribution in [0, 0.1) is 0 Å². The van der Waals surface area contributed by atoms with E-state index >= 15 is 0 Å². The Morgan fingerprint density at radius 1 is 1.29 bits per heavy atom. The molecule has 0 rings (SSSR count). The number of rotatable bonds is 9. The summed E-state index contributed by atoms with van der Waals surface area (Å²) in [4.78, 5) is 32.6. The molecule has 98 valence electrons. The number of likely N-dealkylation sites (N-methyl/N-ethyl adjacent to an activating group) is 1. The van der Waals surface area contributed by atoms with Crippen LogP contribution in [0.1, 0.15) is 33.1 Å². The van der Waals surface area contributed by atoms with Crippen LogP contribution in [0.25, 0.3) is 0 Å². The van der Waals surface area contributed by atoms with Gasteiger partial charge in [-0.05, 0) is 26.2 Å². The molecule has 0 aliphatic heterocycles. The third-order valence-electron chi connectivity index (χ3n) is 2.19.